The van der Waals surface area contributed by atoms with Crippen molar-refractivity contribution in [2.45, 2.75) is 58.4 Å². The monoisotopic (exact) mass is 182 g/mol. The molecular weight excluding hydrogens is 160 g/mol. The van der Waals surface area contributed by atoms with Gasteiger partial charge in [0.05, 0.1) is 5.84 Å². The van der Waals surface area contributed by atoms with Gasteiger partial charge in [0.2, 0.25) is 0 Å². The van der Waals surface area contributed by atoms with Crippen molar-refractivity contribution in [3.05, 3.63) is 0 Å². The molecule has 0 fully saturated rings. The maximum absolute atomic E-state index is 4.47. The summed E-state index contributed by atoms with van der Waals surface area (Å²) in [6.45, 7) is 7.80. The quantitative estimate of drug-likeness (QED) is 0.710. The van der Waals surface area contributed by atoms with E-state index >= 15 is 0 Å². The highest BCUT2D eigenvalue weighted by Gasteiger charge is 2.25. The van der Waals surface area contributed by atoms with E-state index in [9.17, 15) is 0 Å². The van der Waals surface area contributed by atoms with Gasteiger partial charge in [0, 0.05) is 18.5 Å². The highest BCUT2D eigenvalue weighted by atomic mass is 15.1. The maximum Gasteiger partial charge on any atom is 0.0967 e. The van der Waals surface area contributed by atoms with Crippen LogP contribution in [-0.4, -0.2) is 17.9 Å². The van der Waals surface area contributed by atoms with Gasteiger partial charge in [0.1, 0.15) is 0 Å². The van der Waals surface area contributed by atoms with Crippen molar-refractivity contribution in [3.63, 3.8) is 0 Å². The third-order valence-electron chi connectivity index (χ3n) is 3.31. The fourth-order valence-corrected chi connectivity index (χ4v) is 1.96. The van der Waals surface area contributed by atoms with E-state index in [0.717, 1.165) is 13.0 Å². The summed E-state index contributed by atoms with van der Waals surface area (Å²) in [7, 11) is 0. The van der Waals surface area contributed by atoms with Crippen LogP contribution in [0.2, 0.25) is 0 Å². The predicted molar refractivity (Wildman–Crippen MR) is 58.3 cm³/mol. The van der Waals surface area contributed by atoms with E-state index in [4.69, 9.17) is 0 Å². The molecular formula is C11H22N2. The molecule has 0 bridgehead atoms. The van der Waals surface area contributed by atoms with Crippen LogP contribution >= 0.6 is 0 Å². The number of nitrogens with zero attached hydrogens (tertiary/aromatic N) is 1. The molecule has 0 saturated carbocycles. The summed E-state index contributed by atoms with van der Waals surface area (Å²) in [5, 5.41) is 3.63. The van der Waals surface area contributed by atoms with Crippen molar-refractivity contribution in [3.8, 4) is 0 Å². The van der Waals surface area contributed by atoms with E-state index < -0.39 is 0 Å². The fraction of sp³-hybridized carbons (Fsp3) is 0.909. The van der Waals surface area contributed by atoms with Crippen molar-refractivity contribution >= 4 is 5.84 Å². The van der Waals surface area contributed by atoms with Crippen LogP contribution in [-0.2, 0) is 0 Å². The van der Waals surface area contributed by atoms with E-state index in [-0.39, 0.29) is 0 Å². The Bertz CT molecular complexity index is 172. The molecule has 76 valence electrons. The van der Waals surface area contributed by atoms with Crippen LogP contribution in [0.4, 0.5) is 0 Å². The molecule has 0 spiro atoms. The molecule has 2 heteroatoms. The van der Waals surface area contributed by atoms with Gasteiger partial charge in [-0.05, 0) is 25.7 Å². The van der Waals surface area contributed by atoms with Crippen molar-refractivity contribution in [1.82, 2.24) is 5.32 Å². The van der Waals surface area contributed by atoms with Crippen molar-refractivity contribution < 1.29 is 0 Å². The van der Waals surface area contributed by atoms with Crippen LogP contribution in [0.3, 0.4) is 0 Å². The predicted octanol–water partition coefficient (Wildman–Crippen LogP) is 2.74. The van der Waals surface area contributed by atoms with Gasteiger partial charge in [-0.15, -0.1) is 0 Å². The van der Waals surface area contributed by atoms with Crippen LogP contribution < -0.4 is 5.32 Å². The fourth-order valence-electron chi connectivity index (χ4n) is 1.96. The molecule has 1 aliphatic heterocycles. The Morgan fingerprint density at radius 2 is 1.85 bits per heavy atom. The molecule has 2 nitrogen and oxygen atoms in total. The molecule has 0 radical (unpaired) electrons. The van der Waals surface area contributed by atoms with Gasteiger partial charge in [-0.25, -0.2) is 0 Å². The molecule has 1 heterocycles. The first-order chi connectivity index (χ1) is 6.26. The van der Waals surface area contributed by atoms with Gasteiger partial charge >= 0.3 is 0 Å². The van der Waals surface area contributed by atoms with Crippen LogP contribution in [0.5, 0.6) is 0 Å². The van der Waals surface area contributed by atoms with Gasteiger partial charge in [-0.1, -0.05) is 20.8 Å². The Morgan fingerprint density at radius 1 is 1.23 bits per heavy atom. The summed E-state index contributed by atoms with van der Waals surface area (Å²) in [5.74, 6) is 1.24. The molecule has 13 heavy (non-hydrogen) atoms. The van der Waals surface area contributed by atoms with E-state index in [1.165, 1.54) is 31.5 Å². The summed E-state index contributed by atoms with van der Waals surface area (Å²) in [6, 6.07) is 0. The molecule has 1 N–H and O–H groups in total. The van der Waals surface area contributed by atoms with E-state index in [2.05, 4.69) is 31.1 Å². The van der Waals surface area contributed by atoms with Gasteiger partial charge < -0.3 is 5.32 Å². The molecule has 0 atom stereocenters. The van der Waals surface area contributed by atoms with Crippen LogP contribution in [0.25, 0.3) is 0 Å². The molecule has 0 saturated heterocycles. The lowest BCUT2D eigenvalue weighted by Crippen LogP contribution is -2.46. The molecule has 1 rings (SSSR count). The summed E-state index contributed by atoms with van der Waals surface area (Å²) in [6.07, 6.45) is 5.97. The zero-order valence-corrected chi connectivity index (χ0v) is 9.19. The van der Waals surface area contributed by atoms with Crippen LogP contribution in [0, 0.1) is 0 Å². The Hall–Kier alpha value is -0.530. The Kier molecular flexibility index (Phi) is 3.76. The zero-order chi connectivity index (χ0) is 9.73. The SMILES string of the molecule is CCC(CC)(CC)NC1=NCCC1. The first-order valence-electron chi connectivity index (χ1n) is 5.58. The number of aliphatic imine (C=N–C) groups is 1. The number of rotatable bonds is 4. The van der Waals surface area contributed by atoms with Gasteiger partial charge in [-0.3, -0.25) is 4.99 Å². The number of hydrogen-bond donors (Lipinski definition) is 1. The third kappa shape index (κ3) is 2.45. The second-order valence-corrected chi connectivity index (χ2v) is 3.90. The second-order valence-electron chi connectivity index (χ2n) is 3.90. The summed E-state index contributed by atoms with van der Waals surface area (Å²) in [4.78, 5) is 4.47. The standard InChI is InChI=1S/C11H22N2/c1-4-11(5-2,6-3)13-10-8-7-9-12-10/h4-9H2,1-3H3,(H,12,13). The van der Waals surface area contributed by atoms with Gasteiger partial charge in [0.25, 0.3) is 0 Å². The minimum atomic E-state index is 0.309. The number of hydrogen-bond acceptors (Lipinski definition) is 2. The van der Waals surface area contributed by atoms with Gasteiger partial charge in [-0.2, -0.15) is 0 Å². The highest BCUT2D eigenvalue weighted by Crippen LogP contribution is 2.20. The lowest BCUT2D eigenvalue weighted by molar-refractivity contribution is 0.338. The highest BCUT2D eigenvalue weighted by molar-refractivity contribution is 5.84. The largest absolute Gasteiger partial charge is 0.368 e. The van der Waals surface area contributed by atoms with E-state index in [0.29, 0.717) is 5.54 Å². The minimum absolute atomic E-state index is 0.309. The normalized spacial score (nSPS) is 17.3. The third-order valence-corrected chi connectivity index (χ3v) is 3.31. The topological polar surface area (TPSA) is 24.4 Å². The molecule has 0 aromatic heterocycles. The molecule has 0 unspecified atom stereocenters. The summed E-state index contributed by atoms with van der Waals surface area (Å²) in [5.41, 5.74) is 0.309. The zero-order valence-electron chi connectivity index (χ0n) is 9.19. The van der Waals surface area contributed by atoms with E-state index in [1.807, 2.05) is 0 Å². The number of amidine groups is 1. The lowest BCUT2D eigenvalue weighted by atomic mass is 9.89. The maximum atomic E-state index is 4.47. The first kappa shape index (κ1) is 10.6. The average molecular weight is 182 g/mol. The van der Waals surface area contributed by atoms with Gasteiger partial charge in [0.15, 0.2) is 0 Å². The number of nitrogens with one attached hydrogen (secondary N) is 1. The molecule has 0 aromatic carbocycles. The molecule has 0 aliphatic carbocycles. The Labute approximate surface area is 81.8 Å². The lowest BCUT2D eigenvalue weighted by Gasteiger charge is -2.32. The summed E-state index contributed by atoms with van der Waals surface area (Å²) < 4.78 is 0. The van der Waals surface area contributed by atoms with E-state index in [1.54, 1.807) is 0 Å². The Balaban J connectivity index is 2.55. The van der Waals surface area contributed by atoms with Crippen molar-refractivity contribution in [2.75, 3.05) is 6.54 Å². The molecule has 0 aromatic rings. The molecule has 1 aliphatic rings. The average Bonchev–Trinajstić information content (AvgIpc) is 2.67. The molecule has 0 amide bonds. The first-order valence-corrected chi connectivity index (χ1v) is 5.58. The van der Waals surface area contributed by atoms with Crippen molar-refractivity contribution in [2.24, 2.45) is 4.99 Å². The minimum Gasteiger partial charge on any atom is -0.368 e. The smallest absolute Gasteiger partial charge is 0.0967 e. The van der Waals surface area contributed by atoms with Crippen molar-refractivity contribution in [1.29, 1.82) is 0 Å². The summed E-state index contributed by atoms with van der Waals surface area (Å²) >= 11 is 0. The Morgan fingerprint density at radius 3 is 2.23 bits per heavy atom. The van der Waals surface area contributed by atoms with Crippen LogP contribution in [0.15, 0.2) is 4.99 Å². The van der Waals surface area contributed by atoms with Crippen LogP contribution in [0.1, 0.15) is 52.9 Å². The second kappa shape index (κ2) is 4.64.